The predicted molar refractivity (Wildman–Crippen MR) is 68.1 cm³/mol. The zero-order valence-electron chi connectivity index (χ0n) is 9.38. The van der Waals surface area contributed by atoms with Crippen LogP contribution in [-0.4, -0.2) is 12.0 Å². The third kappa shape index (κ3) is 2.25. The normalized spacial score (nSPS) is 9.94. The molecular formula is C13H12N2O2. The number of nitro benzene ring substituents is 1. The summed E-state index contributed by atoms with van der Waals surface area (Å²) >= 11 is 0. The van der Waals surface area contributed by atoms with Gasteiger partial charge in [0.05, 0.1) is 4.92 Å². The Morgan fingerprint density at radius 1 is 1.06 bits per heavy atom. The average molecular weight is 228 g/mol. The zero-order valence-corrected chi connectivity index (χ0v) is 9.38. The van der Waals surface area contributed by atoms with E-state index in [1.54, 1.807) is 19.2 Å². The van der Waals surface area contributed by atoms with Crippen LogP contribution >= 0.6 is 0 Å². The first-order valence-electron chi connectivity index (χ1n) is 5.24. The van der Waals surface area contributed by atoms with Gasteiger partial charge >= 0.3 is 0 Å². The van der Waals surface area contributed by atoms with Crippen molar-refractivity contribution >= 4 is 11.4 Å². The number of benzene rings is 2. The summed E-state index contributed by atoms with van der Waals surface area (Å²) in [4.78, 5) is 10.6. The summed E-state index contributed by atoms with van der Waals surface area (Å²) in [6.45, 7) is 0. The van der Waals surface area contributed by atoms with Gasteiger partial charge in [-0.15, -0.1) is 0 Å². The van der Waals surface area contributed by atoms with Crippen molar-refractivity contribution in [1.82, 2.24) is 0 Å². The number of anilines is 1. The van der Waals surface area contributed by atoms with Gasteiger partial charge in [-0.05, 0) is 17.2 Å². The fourth-order valence-corrected chi connectivity index (χ4v) is 1.70. The minimum absolute atomic E-state index is 0.0915. The van der Waals surface area contributed by atoms with E-state index in [-0.39, 0.29) is 10.6 Å². The molecular weight excluding hydrogens is 216 g/mol. The maximum atomic E-state index is 10.9. The first-order chi connectivity index (χ1) is 8.22. The Morgan fingerprint density at radius 3 is 2.35 bits per heavy atom. The smallest absolute Gasteiger partial charge is 0.292 e. The molecule has 0 aromatic heterocycles. The molecule has 0 aliphatic heterocycles. The summed E-state index contributed by atoms with van der Waals surface area (Å²) in [5.41, 5.74) is 2.43. The molecule has 17 heavy (non-hydrogen) atoms. The van der Waals surface area contributed by atoms with Crippen LogP contribution in [0, 0.1) is 10.1 Å². The largest absolute Gasteiger partial charge is 0.383 e. The lowest BCUT2D eigenvalue weighted by Gasteiger charge is -2.05. The van der Waals surface area contributed by atoms with Crippen LogP contribution in [0.5, 0.6) is 0 Å². The molecule has 2 aromatic carbocycles. The Labute approximate surface area is 99.1 Å². The van der Waals surface area contributed by atoms with Crippen LogP contribution in [0.1, 0.15) is 0 Å². The molecule has 4 heteroatoms. The van der Waals surface area contributed by atoms with Gasteiger partial charge in [0.1, 0.15) is 5.69 Å². The molecule has 0 heterocycles. The fraction of sp³-hybridized carbons (Fsp3) is 0.0769. The summed E-state index contributed by atoms with van der Waals surface area (Å²) < 4.78 is 0. The zero-order chi connectivity index (χ0) is 12.3. The lowest BCUT2D eigenvalue weighted by Crippen LogP contribution is -1.96. The van der Waals surface area contributed by atoms with E-state index in [0.717, 1.165) is 11.1 Å². The molecule has 0 unspecified atom stereocenters. The monoisotopic (exact) mass is 228 g/mol. The fourth-order valence-electron chi connectivity index (χ4n) is 1.70. The molecule has 0 atom stereocenters. The van der Waals surface area contributed by atoms with E-state index in [2.05, 4.69) is 5.32 Å². The molecule has 0 spiro atoms. The molecule has 1 N–H and O–H groups in total. The maximum absolute atomic E-state index is 10.9. The Morgan fingerprint density at radius 2 is 1.76 bits per heavy atom. The van der Waals surface area contributed by atoms with E-state index >= 15 is 0 Å². The Balaban J connectivity index is 2.51. The summed E-state index contributed by atoms with van der Waals surface area (Å²) in [5.74, 6) is 0. The maximum Gasteiger partial charge on any atom is 0.292 e. The van der Waals surface area contributed by atoms with E-state index in [1.807, 2.05) is 36.4 Å². The predicted octanol–water partition coefficient (Wildman–Crippen LogP) is 3.30. The molecule has 0 aliphatic rings. The minimum atomic E-state index is -0.377. The molecule has 2 aromatic rings. The molecule has 0 saturated carbocycles. The van der Waals surface area contributed by atoms with Gasteiger partial charge < -0.3 is 5.32 Å². The van der Waals surface area contributed by atoms with Crippen LogP contribution in [0.25, 0.3) is 11.1 Å². The highest BCUT2D eigenvalue weighted by Gasteiger charge is 2.13. The summed E-state index contributed by atoms with van der Waals surface area (Å²) in [7, 11) is 1.67. The second kappa shape index (κ2) is 4.65. The quantitative estimate of drug-likeness (QED) is 0.647. The summed E-state index contributed by atoms with van der Waals surface area (Å²) in [6, 6.07) is 14.8. The SMILES string of the molecule is CNc1ccc(-c2ccccc2)cc1[N+](=O)[O-]. The van der Waals surface area contributed by atoms with Gasteiger partial charge in [-0.3, -0.25) is 10.1 Å². The van der Waals surface area contributed by atoms with E-state index in [9.17, 15) is 10.1 Å². The van der Waals surface area contributed by atoms with Gasteiger partial charge in [0.15, 0.2) is 0 Å². The van der Waals surface area contributed by atoms with E-state index in [4.69, 9.17) is 0 Å². The standard InChI is InChI=1S/C13H12N2O2/c1-14-12-8-7-11(9-13(12)15(16)17)10-5-3-2-4-6-10/h2-9,14H,1H3. The molecule has 86 valence electrons. The molecule has 0 amide bonds. The van der Waals surface area contributed by atoms with Crippen molar-refractivity contribution in [2.45, 2.75) is 0 Å². The second-order valence-corrected chi connectivity index (χ2v) is 3.61. The molecule has 0 radical (unpaired) electrons. The summed E-state index contributed by atoms with van der Waals surface area (Å²) in [6.07, 6.45) is 0. The van der Waals surface area contributed by atoms with Gasteiger partial charge in [-0.25, -0.2) is 0 Å². The number of nitrogens with one attached hydrogen (secondary N) is 1. The highest BCUT2D eigenvalue weighted by atomic mass is 16.6. The molecule has 0 fully saturated rings. The van der Waals surface area contributed by atoms with E-state index in [1.165, 1.54) is 0 Å². The number of hydrogen-bond donors (Lipinski definition) is 1. The van der Waals surface area contributed by atoms with Crippen molar-refractivity contribution in [2.24, 2.45) is 0 Å². The van der Waals surface area contributed by atoms with Crippen molar-refractivity contribution in [3.63, 3.8) is 0 Å². The first kappa shape index (κ1) is 11.1. The van der Waals surface area contributed by atoms with Crippen LogP contribution in [0.2, 0.25) is 0 Å². The topological polar surface area (TPSA) is 55.2 Å². The molecule has 4 nitrogen and oxygen atoms in total. The van der Waals surface area contributed by atoms with Crippen LogP contribution < -0.4 is 5.32 Å². The van der Waals surface area contributed by atoms with Gasteiger partial charge in [0, 0.05) is 13.1 Å². The van der Waals surface area contributed by atoms with Crippen LogP contribution in [0.3, 0.4) is 0 Å². The van der Waals surface area contributed by atoms with Gasteiger partial charge in [0.25, 0.3) is 5.69 Å². The highest BCUT2D eigenvalue weighted by Crippen LogP contribution is 2.30. The highest BCUT2D eigenvalue weighted by molar-refractivity contribution is 5.73. The van der Waals surface area contributed by atoms with Crippen LogP contribution in [0.15, 0.2) is 48.5 Å². The third-order valence-corrected chi connectivity index (χ3v) is 2.57. The molecule has 2 rings (SSSR count). The minimum Gasteiger partial charge on any atom is -0.383 e. The number of nitrogens with zero attached hydrogens (tertiary/aromatic N) is 1. The number of rotatable bonds is 3. The van der Waals surface area contributed by atoms with E-state index < -0.39 is 0 Å². The van der Waals surface area contributed by atoms with Gasteiger partial charge in [0.2, 0.25) is 0 Å². The first-order valence-corrected chi connectivity index (χ1v) is 5.24. The Bertz CT molecular complexity index is 538. The lowest BCUT2D eigenvalue weighted by molar-refractivity contribution is -0.383. The van der Waals surface area contributed by atoms with Gasteiger partial charge in [-0.1, -0.05) is 36.4 Å². The number of nitro groups is 1. The average Bonchev–Trinajstić information content (AvgIpc) is 2.39. The van der Waals surface area contributed by atoms with Crippen molar-refractivity contribution in [1.29, 1.82) is 0 Å². The van der Waals surface area contributed by atoms with Crippen molar-refractivity contribution in [3.05, 3.63) is 58.6 Å². The Hall–Kier alpha value is -2.36. The van der Waals surface area contributed by atoms with Crippen molar-refractivity contribution in [2.75, 3.05) is 12.4 Å². The Kier molecular flexibility index (Phi) is 3.05. The molecule has 0 bridgehead atoms. The van der Waals surface area contributed by atoms with Gasteiger partial charge in [-0.2, -0.15) is 0 Å². The van der Waals surface area contributed by atoms with Crippen molar-refractivity contribution < 1.29 is 4.92 Å². The lowest BCUT2D eigenvalue weighted by atomic mass is 10.0. The second-order valence-electron chi connectivity index (χ2n) is 3.61. The summed E-state index contributed by atoms with van der Waals surface area (Å²) in [5, 5.41) is 13.7. The van der Waals surface area contributed by atoms with E-state index in [0.29, 0.717) is 5.69 Å². The molecule has 0 saturated heterocycles. The number of hydrogen-bond acceptors (Lipinski definition) is 3. The van der Waals surface area contributed by atoms with Crippen LogP contribution in [0.4, 0.5) is 11.4 Å². The third-order valence-electron chi connectivity index (χ3n) is 2.57. The van der Waals surface area contributed by atoms with Crippen LogP contribution in [-0.2, 0) is 0 Å². The van der Waals surface area contributed by atoms with Crippen molar-refractivity contribution in [3.8, 4) is 11.1 Å². The molecule has 0 aliphatic carbocycles.